The van der Waals surface area contributed by atoms with Crippen molar-refractivity contribution in [2.45, 2.75) is 22.8 Å². The summed E-state index contributed by atoms with van der Waals surface area (Å²) < 4.78 is 28.6. The normalized spacial score (nSPS) is 24.8. The zero-order chi connectivity index (χ0) is 19.5. The average molecular weight is 455 g/mol. The number of fused-ring (bicyclic) bond motifs is 3. The van der Waals surface area contributed by atoms with Crippen LogP contribution >= 0.6 is 15.9 Å². The van der Waals surface area contributed by atoms with E-state index >= 15 is 0 Å². The third-order valence-electron chi connectivity index (χ3n) is 5.63. The molecule has 5 nitrogen and oxygen atoms in total. The second kappa shape index (κ2) is 5.99. The Hall–Kier alpha value is -2.51. The number of pyridine rings is 1. The Bertz CT molecular complexity index is 1210. The molecular weight excluding hydrogens is 440 g/mol. The number of hydrogen-bond acceptors (Lipinski definition) is 4. The maximum atomic E-state index is 13.4. The van der Waals surface area contributed by atoms with Crippen molar-refractivity contribution in [3.63, 3.8) is 0 Å². The van der Waals surface area contributed by atoms with E-state index in [1.807, 2.05) is 42.5 Å². The van der Waals surface area contributed by atoms with E-state index in [9.17, 15) is 13.2 Å². The minimum atomic E-state index is -3.95. The molecule has 0 saturated carbocycles. The number of halogens is 1. The number of amides is 1. The Morgan fingerprint density at radius 3 is 2.46 bits per heavy atom. The van der Waals surface area contributed by atoms with E-state index in [2.05, 4.69) is 20.9 Å². The Morgan fingerprint density at radius 1 is 1.00 bits per heavy atom. The SMILES string of the molecule is O=C1C[C@@H](c2ccccc2)[C@@]2(c3ccncc3Br)c3ccccc3S(=O)(=O)N12. The molecule has 2 aliphatic heterocycles. The summed E-state index contributed by atoms with van der Waals surface area (Å²) in [5.41, 5.74) is 1.13. The van der Waals surface area contributed by atoms with Crippen molar-refractivity contribution in [3.8, 4) is 0 Å². The molecule has 7 heteroatoms. The molecule has 0 spiro atoms. The number of benzene rings is 2. The van der Waals surface area contributed by atoms with Gasteiger partial charge in [0.25, 0.3) is 10.0 Å². The lowest BCUT2D eigenvalue weighted by molar-refractivity contribution is -0.125. The third-order valence-corrected chi connectivity index (χ3v) is 8.15. The van der Waals surface area contributed by atoms with E-state index in [1.165, 1.54) is 0 Å². The summed E-state index contributed by atoms with van der Waals surface area (Å²) in [4.78, 5) is 17.5. The van der Waals surface area contributed by atoms with Gasteiger partial charge in [0.15, 0.2) is 0 Å². The lowest BCUT2D eigenvalue weighted by atomic mass is 9.72. The highest BCUT2D eigenvalue weighted by Crippen LogP contribution is 2.61. The Balaban J connectivity index is 1.94. The van der Waals surface area contributed by atoms with Crippen LogP contribution in [0.5, 0.6) is 0 Å². The van der Waals surface area contributed by atoms with Gasteiger partial charge in [-0.15, -0.1) is 0 Å². The monoisotopic (exact) mass is 454 g/mol. The van der Waals surface area contributed by atoms with Crippen molar-refractivity contribution in [2.24, 2.45) is 0 Å². The van der Waals surface area contributed by atoms with E-state index in [0.29, 0.717) is 10.0 Å². The predicted molar refractivity (Wildman–Crippen MR) is 107 cm³/mol. The van der Waals surface area contributed by atoms with Crippen LogP contribution < -0.4 is 0 Å². The van der Waals surface area contributed by atoms with E-state index in [1.54, 1.807) is 30.6 Å². The first-order chi connectivity index (χ1) is 13.5. The quantitative estimate of drug-likeness (QED) is 0.590. The lowest BCUT2D eigenvalue weighted by Crippen LogP contribution is -2.44. The van der Waals surface area contributed by atoms with Gasteiger partial charge in [0.2, 0.25) is 5.91 Å². The number of nitrogens with zero attached hydrogens (tertiary/aromatic N) is 2. The summed E-state index contributed by atoms with van der Waals surface area (Å²) in [6.07, 6.45) is 3.39. The molecule has 1 fully saturated rings. The number of carbonyl (C=O) groups excluding carboxylic acids is 1. The minimum Gasteiger partial charge on any atom is -0.274 e. The van der Waals surface area contributed by atoms with Gasteiger partial charge < -0.3 is 0 Å². The van der Waals surface area contributed by atoms with Gasteiger partial charge in [0, 0.05) is 40.3 Å². The molecule has 1 saturated heterocycles. The van der Waals surface area contributed by atoms with Gasteiger partial charge >= 0.3 is 0 Å². The Morgan fingerprint density at radius 2 is 1.71 bits per heavy atom. The summed E-state index contributed by atoms with van der Waals surface area (Å²) in [5, 5.41) is 0. The van der Waals surface area contributed by atoms with Crippen LogP contribution in [-0.4, -0.2) is 23.6 Å². The zero-order valence-electron chi connectivity index (χ0n) is 14.6. The van der Waals surface area contributed by atoms with Gasteiger partial charge in [0.05, 0.1) is 4.90 Å². The molecule has 2 aromatic carbocycles. The number of sulfonamides is 1. The molecular formula is C21H15BrN2O3S. The fraction of sp³-hybridized carbons (Fsp3) is 0.143. The molecule has 0 bridgehead atoms. The molecule has 0 unspecified atom stereocenters. The van der Waals surface area contributed by atoms with Gasteiger partial charge in [-0.2, -0.15) is 0 Å². The summed E-state index contributed by atoms with van der Waals surface area (Å²) in [7, 11) is -3.95. The fourth-order valence-corrected chi connectivity index (χ4v) is 7.19. The van der Waals surface area contributed by atoms with Crippen LogP contribution in [0.2, 0.25) is 0 Å². The van der Waals surface area contributed by atoms with Gasteiger partial charge in [0.1, 0.15) is 5.54 Å². The van der Waals surface area contributed by atoms with Crippen molar-refractivity contribution in [1.29, 1.82) is 0 Å². The minimum absolute atomic E-state index is 0.117. The van der Waals surface area contributed by atoms with Gasteiger partial charge in [-0.05, 0) is 33.6 Å². The Labute approximate surface area is 171 Å². The molecule has 0 aliphatic carbocycles. The molecule has 2 aliphatic rings. The van der Waals surface area contributed by atoms with Crippen molar-refractivity contribution < 1.29 is 13.2 Å². The van der Waals surface area contributed by atoms with Crippen molar-refractivity contribution in [3.05, 3.63) is 94.2 Å². The van der Waals surface area contributed by atoms with E-state index < -0.39 is 21.5 Å². The van der Waals surface area contributed by atoms with Crippen LogP contribution in [0.3, 0.4) is 0 Å². The van der Waals surface area contributed by atoms with Crippen molar-refractivity contribution in [1.82, 2.24) is 9.29 Å². The maximum Gasteiger partial charge on any atom is 0.268 e. The van der Waals surface area contributed by atoms with E-state index in [4.69, 9.17) is 0 Å². The molecule has 3 aromatic rings. The van der Waals surface area contributed by atoms with Crippen LogP contribution in [-0.2, 0) is 20.4 Å². The smallest absolute Gasteiger partial charge is 0.268 e. The van der Waals surface area contributed by atoms with Crippen LogP contribution in [0.1, 0.15) is 29.0 Å². The van der Waals surface area contributed by atoms with Gasteiger partial charge in [-0.3, -0.25) is 9.78 Å². The number of aromatic nitrogens is 1. The molecule has 1 aromatic heterocycles. The first kappa shape index (κ1) is 17.6. The van der Waals surface area contributed by atoms with Crippen molar-refractivity contribution >= 4 is 31.9 Å². The van der Waals surface area contributed by atoms with Gasteiger partial charge in [-0.25, -0.2) is 12.7 Å². The first-order valence-corrected chi connectivity index (χ1v) is 11.0. The highest BCUT2D eigenvalue weighted by Gasteiger charge is 2.66. The second-order valence-electron chi connectivity index (χ2n) is 6.95. The fourth-order valence-electron chi connectivity index (χ4n) is 4.64. The van der Waals surface area contributed by atoms with Crippen LogP contribution in [0.4, 0.5) is 0 Å². The topological polar surface area (TPSA) is 67.3 Å². The molecule has 140 valence electrons. The lowest BCUT2D eigenvalue weighted by Gasteiger charge is -2.37. The molecule has 5 rings (SSSR count). The standard InChI is InChI=1S/C21H15BrN2O3S/c22-18-13-23-11-10-15(18)21-16-8-4-5-9-19(16)28(26,27)24(21)20(25)12-17(21)14-6-2-1-3-7-14/h1-11,13,17H,12H2/t17-,21+/m0/s1. The largest absolute Gasteiger partial charge is 0.274 e. The summed E-state index contributed by atoms with van der Waals surface area (Å²) in [6, 6.07) is 18.3. The van der Waals surface area contributed by atoms with Crippen molar-refractivity contribution in [2.75, 3.05) is 0 Å². The molecule has 3 heterocycles. The summed E-state index contributed by atoms with van der Waals surface area (Å²) in [6.45, 7) is 0. The second-order valence-corrected chi connectivity index (χ2v) is 9.56. The molecule has 0 radical (unpaired) electrons. The highest BCUT2D eigenvalue weighted by molar-refractivity contribution is 9.10. The average Bonchev–Trinajstić information content (AvgIpc) is 3.13. The zero-order valence-corrected chi connectivity index (χ0v) is 17.0. The first-order valence-electron chi connectivity index (χ1n) is 8.81. The van der Waals surface area contributed by atoms with Crippen LogP contribution in [0, 0.1) is 0 Å². The molecule has 2 atom stereocenters. The number of rotatable bonds is 2. The molecule has 28 heavy (non-hydrogen) atoms. The van der Waals surface area contributed by atoms with Gasteiger partial charge in [-0.1, -0.05) is 48.5 Å². The molecule has 0 N–H and O–H groups in total. The summed E-state index contributed by atoms with van der Waals surface area (Å²) >= 11 is 3.55. The highest BCUT2D eigenvalue weighted by atomic mass is 79.9. The summed E-state index contributed by atoms with van der Waals surface area (Å²) in [5.74, 6) is -0.743. The van der Waals surface area contributed by atoms with Crippen LogP contribution in [0.25, 0.3) is 0 Å². The Kier molecular flexibility index (Phi) is 3.76. The predicted octanol–water partition coefficient (Wildman–Crippen LogP) is 3.81. The maximum absolute atomic E-state index is 13.4. The van der Waals surface area contributed by atoms with E-state index in [0.717, 1.165) is 15.4 Å². The molecule has 1 amide bonds. The van der Waals surface area contributed by atoms with Crippen LogP contribution in [0.15, 0.2) is 82.4 Å². The van der Waals surface area contributed by atoms with E-state index in [-0.39, 0.29) is 17.2 Å². The third kappa shape index (κ3) is 2.08. The number of hydrogen-bond donors (Lipinski definition) is 0. The number of carbonyl (C=O) groups is 1.